The fraction of sp³-hybridized carbons (Fsp3) is 0.409. The number of alkyl halides is 2. The Bertz CT molecular complexity index is 1140. The number of para-hydroxylation sites is 1. The number of nitrogens with one attached hydrogen (secondary N) is 1. The average Bonchev–Trinajstić information content (AvgIpc) is 3.54. The van der Waals surface area contributed by atoms with Crippen molar-refractivity contribution in [3.63, 3.8) is 0 Å². The van der Waals surface area contributed by atoms with Crippen LogP contribution in [-0.2, 0) is 20.5 Å². The first-order valence-electron chi connectivity index (χ1n) is 10.4. The molecule has 1 aliphatic heterocycles. The zero-order valence-corrected chi connectivity index (χ0v) is 18.6. The molecule has 1 saturated heterocycles. The maximum atomic E-state index is 13.8. The van der Waals surface area contributed by atoms with E-state index in [1.807, 2.05) is 0 Å². The summed E-state index contributed by atoms with van der Waals surface area (Å²) in [6.07, 6.45) is 4.10. The molecule has 0 unspecified atom stereocenters. The van der Waals surface area contributed by atoms with Gasteiger partial charge in [0.15, 0.2) is 9.84 Å². The van der Waals surface area contributed by atoms with Gasteiger partial charge in [-0.05, 0) is 30.9 Å². The number of rotatable bonds is 9. The van der Waals surface area contributed by atoms with Gasteiger partial charge < -0.3 is 14.8 Å². The highest BCUT2D eigenvalue weighted by molar-refractivity contribution is 7.95. The molecule has 8 nitrogen and oxygen atoms in total. The number of carbonyl (C=O) groups excluding carboxylic acids is 1. The van der Waals surface area contributed by atoms with E-state index in [4.69, 9.17) is 9.47 Å². The quantitative estimate of drug-likeness (QED) is 0.588. The summed E-state index contributed by atoms with van der Waals surface area (Å²) in [4.78, 5) is 20.4. The van der Waals surface area contributed by atoms with Crippen LogP contribution < -0.4 is 10.1 Å². The molecule has 33 heavy (non-hydrogen) atoms. The van der Waals surface area contributed by atoms with Crippen molar-refractivity contribution in [3.8, 4) is 11.6 Å². The summed E-state index contributed by atoms with van der Waals surface area (Å²) in [5, 5.41) is 3.29. The molecule has 2 aromatic rings. The Morgan fingerprint density at radius 3 is 2.55 bits per heavy atom. The van der Waals surface area contributed by atoms with E-state index in [1.54, 1.807) is 30.3 Å². The van der Waals surface area contributed by atoms with Gasteiger partial charge in [0.1, 0.15) is 16.6 Å². The largest absolute Gasteiger partial charge is 0.438 e. The SMILES string of the molecule is CC(F)(F)c1ncc(C(=O)N[C@H](/C=C/S(=O)(=O)C2COC2)C2CC2)c(Oc2ccccc2)n1. The highest BCUT2D eigenvalue weighted by atomic mass is 32.2. The molecule has 1 aliphatic carbocycles. The summed E-state index contributed by atoms with van der Waals surface area (Å²) in [5.41, 5.74) is -0.138. The van der Waals surface area contributed by atoms with Crippen LogP contribution in [0.2, 0.25) is 0 Å². The second-order valence-electron chi connectivity index (χ2n) is 8.13. The van der Waals surface area contributed by atoms with Crippen LogP contribution >= 0.6 is 0 Å². The molecule has 1 atom stereocenters. The predicted molar refractivity (Wildman–Crippen MR) is 115 cm³/mol. The van der Waals surface area contributed by atoms with Crippen molar-refractivity contribution in [2.75, 3.05) is 13.2 Å². The van der Waals surface area contributed by atoms with Gasteiger partial charge in [-0.2, -0.15) is 13.8 Å². The number of aromatic nitrogens is 2. The van der Waals surface area contributed by atoms with Gasteiger partial charge in [-0.25, -0.2) is 13.4 Å². The topological polar surface area (TPSA) is 107 Å². The maximum absolute atomic E-state index is 13.8. The van der Waals surface area contributed by atoms with Crippen LogP contribution in [0.5, 0.6) is 11.6 Å². The first-order valence-corrected chi connectivity index (χ1v) is 12.0. The van der Waals surface area contributed by atoms with E-state index in [9.17, 15) is 22.0 Å². The van der Waals surface area contributed by atoms with E-state index in [0.29, 0.717) is 12.7 Å². The monoisotopic (exact) mass is 479 g/mol. The molecule has 0 spiro atoms. The Kier molecular flexibility index (Phi) is 6.44. The van der Waals surface area contributed by atoms with Crippen molar-refractivity contribution in [2.45, 2.75) is 37.0 Å². The lowest BCUT2D eigenvalue weighted by Crippen LogP contribution is -2.40. The van der Waals surface area contributed by atoms with Crippen LogP contribution in [0.1, 0.15) is 35.9 Å². The number of nitrogens with zero attached hydrogens (tertiary/aromatic N) is 2. The van der Waals surface area contributed by atoms with Crippen molar-refractivity contribution in [3.05, 3.63) is 59.4 Å². The van der Waals surface area contributed by atoms with Crippen LogP contribution in [-0.4, -0.2) is 48.8 Å². The summed E-state index contributed by atoms with van der Waals surface area (Å²) in [6.45, 7) is 0.952. The van der Waals surface area contributed by atoms with Gasteiger partial charge in [-0.3, -0.25) is 4.79 Å². The van der Waals surface area contributed by atoms with Crippen LogP contribution in [0.25, 0.3) is 0 Å². The molecule has 2 aliphatic rings. The maximum Gasteiger partial charge on any atom is 0.303 e. The smallest absolute Gasteiger partial charge is 0.303 e. The van der Waals surface area contributed by atoms with E-state index in [2.05, 4.69) is 15.3 Å². The third kappa shape index (κ3) is 5.72. The van der Waals surface area contributed by atoms with Crippen molar-refractivity contribution in [1.29, 1.82) is 0 Å². The summed E-state index contributed by atoms with van der Waals surface area (Å²) in [7, 11) is -3.49. The second kappa shape index (κ2) is 9.14. The summed E-state index contributed by atoms with van der Waals surface area (Å²) in [5.74, 6) is -4.69. The highest BCUT2D eigenvalue weighted by Gasteiger charge is 2.35. The van der Waals surface area contributed by atoms with Crippen molar-refractivity contribution >= 4 is 15.7 Å². The number of sulfone groups is 1. The minimum atomic E-state index is -3.49. The Morgan fingerprint density at radius 2 is 1.97 bits per heavy atom. The number of ether oxygens (including phenoxy) is 2. The van der Waals surface area contributed by atoms with Gasteiger partial charge in [0.05, 0.1) is 19.3 Å². The number of hydrogen-bond acceptors (Lipinski definition) is 7. The van der Waals surface area contributed by atoms with E-state index >= 15 is 0 Å². The zero-order chi connectivity index (χ0) is 23.6. The molecule has 1 aromatic heterocycles. The number of benzene rings is 1. The number of carbonyl (C=O) groups is 1. The summed E-state index contributed by atoms with van der Waals surface area (Å²) in [6, 6.07) is 7.77. The average molecular weight is 480 g/mol. The van der Waals surface area contributed by atoms with E-state index < -0.39 is 38.8 Å². The Balaban J connectivity index is 1.58. The third-order valence-electron chi connectivity index (χ3n) is 5.32. The van der Waals surface area contributed by atoms with Crippen LogP contribution in [0.4, 0.5) is 8.78 Å². The number of hydrogen-bond donors (Lipinski definition) is 1. The molecule has 0 bridgehead atoms. The first-order chi connectivity index (χ1) is 15.6. The third-order valence-corrected chi connectivity index (χ3v) is 7.06. The lowest BCUT2D eigenvalue weighted by atomic mass is 10.1. The molecule has 1 amide bonds. The molecule has 1 saturated carbocycles. The Hall–Kier alpha value is -2.92. The standard InChI is InChI=1S/C22H23F2N3O5S/c1-22(23,24)21-25-11-17(20(27-21)32-15-5-3-2-4-6-15)19(28)26-18(14-7-8-14)9-10-33(29,30)16-12-31-13-16/h2-6,9-11,14,16,18H,7-8,12-13H2,1H3,(H,26,28)/b10-9+/t18-/m1/s1. The van der Waals surface area contributed by atoms with Crippen LogP contribution in [0.3, 0.4) is 0 Å². The molecule has 11 heteroatoms. The van der Waals surface area contributed by atoms with Crippen molar-refractivity contribution < 1.29 is 31.5 Å². The fourth-order valence-corrected chi connectivity index (χ4v) is 4.31. The van der Waals surface area contributed by atoms with Gasteiger partial charge in [-0.15, -0.1) is 0 Å². The number of halogens is 2. The fourth-order valence-electron chi connectivity index (χ4n) is 3.13. The number of amides is 1. The molecule has 1 N–H and O–H groups in total. The van der Waals surface area contributed by atoms with Crippen LogP contribution in [0, 0.1) is 5.92 Å². The summed E-state index contributed by atoms with van der Waals surface area (Å²) < 4.78 is 62.8. The summed E-state index contributed by atoms with van der Waals surface area (Å²) >= 11 is 0. The van der Waals surface area contributed by atoms with E-state index in [0.717, 1.165) is 24.4 Å². The minimum absolute atomic E-state index is 0.0803. The molecule has 1 aromatic carbocycles. The van der Waals surface area contributed by atoms with E-state index in [-0.39, 0.29) is 30.6 Å². The second-order valence-corrected chi connectivity index (χ2v) is 10.2. The normalized spacial score (nSPS) is 18.0. The van der Waals surface area contributed by atoms with E-state index in [1.165, 1.54) is 6.08 Å². The zero-order valence-electron chi connectivity index (χ0n) is 17.8. The molecule has 0 radical (unpaired) electrons. The van der Waals surface area contributed by atoms with Gasteiger partial charge in [0.25, 0.3) is 5.91 Å². The molecule has 2 heterocycles. The van der Waals surface area contributed by atoms with Gasteiger partial charge >= 0.3 is 5.92 Å². The van der Waals surface area contributed by atoms with Gasteiger partial charge in [-0.1, -0.05) is 24.3 Å². The first kappa shape index (κ1) is 23.2. The highest BCUT2D eigenvalue weighted by Crippen LogP contribution is 2.34. The molecular weight excluding hydrogens is 456 g/mol. The molecule has 176 valence electrons. The lowest BCUT2D eigenvalue weighted by molar-refractivity contribution is 0.00707. The predicted octanol–water partition coefficient (Wildman–Crippen LogP) is 3.22. The van der Waals surface area contributed by atoms with Gasteiger partial charge in [0, 0.05) is 18.5 Å². The molecule has 2 fully saturated rings. The Labute approximate surface area is 190 Å². The van der Waals surface area contributed by atoms with Crippen LogP contribution in [0.15, 0.2) is 48.0 Å². The Morgan fingerprint density at radius 1 is 1.27 bits per heavy atom. The van der Waals surface area contributed by atoms with Crippen molar-refractivity contribution in [1.82, 2.24) is 15.3 Å². The minimum Gasteiger partial charge on any atom is -0.438 e. The molecule has 4 rings (SSSR count). The van der Waals surface area contributed by atoms with Crippen molar-refractivity contribution in [2.24, 2.45) is 5.92 Å². The van der Waals surface area contributed by atoms with Gasteiger partial charge in [0.2, 0.25) is 11.7 Å². The lowest BCUT2D eigenvalue weighted by Gasteiger charge is -2.24. The molecular formula is C22H23F2N3O5S.